The van der Waals surface area contributed by atoms with Gasteiger partial charge in [0.25, 0.3) is 0 Å². The first-order valence-corrected chi connectivity index (χ1v) is 7.88. The standard InChI is InChI=1S/C15H12ClN3O2S/c1-9-3-4-10(16)7-11(9)19-13(20)8-12(14(19)21)22-15-17-5-2-6-18-15/h2-7,12H,8H2,1H3/t12-/m1/s1. The van der Waals surface area contributed by atoms with Crippen molar-refractivity contribution in [1.29, 1.82) is 0 Å². The van der Waals surface area contributed by atoms with E-state index in [1.54, 1.807) is 36.7 Å². The minimum Gasteiger partial charge on any atom is -0.274 e. The number of aryl methyl sites for hydroxylation is 1. The molecule has 1 saturated heterocycles. The monoisotopic (exact) mass is 333 g/mol. The Labute approximate surface area is 136 Å². The molecule has 2 aromatic rings. The summed E-state index contributed by atoms with van der Waals surface area (Å²) in [6.07, 6.45) is 3.35. The van der Waals surface area contributed by atoms with Gasteiger partial charge in [0.1, 0.15) is 5.25 Å². The summed E-state index contributed by atoms with van der Waals surface area (Å²) in [6, 6.07) is 6.86. The van der Waals surface area contributed by atoms with E-state index in [0.29, 0.717) is 15.9 Å². The van der Waals surface area contributed by atoms with Gasteiger partial charge >= 0.3 is 0 Å². The first-order chi connectivity index (χ1) is 10.6. The van der Waals surface area contributed by atoms with Gasteiger partial charge in [-0.3, -0.25) is 9.59 Å². The van der Waals surface area contributed by atoms with Crippen molar-refractivity contribution in [3.05, 3.63) is 47.2 Å². The number of carbonyl (C=O) groups is 2. The molecule has 2 amide bonds. The summed E-state index contributed by atoms with van der Waals surface area (Å²) >= 11 is 7.19. The number of benzene rings is 1. The van der Waals surface area contributed by atoms with Crippen LogP contribution in [0.4, 0.5) is 5.69 Å². The van der Waals surface area contributed by atoms with E-state index in [1.165, 1.54) is 16.7 Å². The summed E-state index contributed by atoms with van der Waals surface area (Å²) in [5, 5.41) is 0.468. The molecule has 22 heavy (non-hydrogen) atoms. The number of halogens is 1. The SMILES string of the molecule is Cc1ccc(Cl)cc1N1C(=O)C[C@@H](Sc2ncccn2)C1=O. The summed E-state index contributed by atoms with van der Waals surface area (Å²) in [6.45, 7) is 1.84. The zero-order valence-electron chi connectivity index (χ0n) is 11.7. The average Bonchev–Trinajstić information content (AvgIpc) is 2.77. The number of hydrogen-bond donors (Lipinski definition) is 0. The van der Waals surface area contributed by atoms with Crippen LogP contribution >= 0.6 is 23.4 Å². The Morgan fingerprint density at radius 1 is 1.27 bits per heavy atom. The maximum atomic E-state index is 12.6. The van der Waals surface area contributed by atoms with Gasteiger partial charge in [-0.1, -0.05) is 29.4 Å². The fourth-order valence-electron chi connectivity index (χ4n) is 2.25. The third-order valence-electron chi connectivity index (χ3n) is 3.31. The molecule has 0 radical (unpaired) electrons. The molecule has 0 saturated carbocycles. The van der Waals surface area contributed by atoms with E-state index in [1.807, 2.05) is 6.92 Å². The molecule has 0 N–H and O–H groups in total. The van der Waals surface area contributed by atoms with Crippen molar-refractivity contribution in [3.8, 4) is 0 Å². The molecule has 5 nitrogen and oxygen atoms in total. The molecular weight excluding hydrogens is 322 g/mol. The normalized spacial score (nSPS) is 18.1. The highest BCUT2D eigenvalue weighted by atomic mass is 35.5. The van der Waals surface area contributed by atoms with E-state index in [-0.39, 0.29) is 18.2 Å². The Bertz CT molecular complexity index is 739. The maximum Gasteiger partial charge on any atom is 0.247 e. The molecule has 112 valence electrons. The lowest BCUT2D eigenvalue weighted by Crippen LogP contribution is -2.31. The van der Waals surface area contributed by atoms with Gasteiger partial charge in [-0.2, -0.15) is 0 Å². The molecular formula is C15H12ClN3O2S. The zero-order chi connectivity index (χ0) is 15.7. The molecule has 1 fully saturated rings. The molecule has 3 rings (SSSR count). The average molecular weight is 334 g/mol. The van der Waals surface area contributed by atoms with E-state index in [4.69, 9.17) is 11.6 Å². The molecule has 1 aromatic heterocycles. The van der Waals surface area contributed by atoms with Crippen LogP contribution in [-0.2, 0) is 9.59 Å². The van der Waals surface area contributed by atoms with E-state index in [9.17, 15) is 9.59 Å². The van der Waals surface area contributed by atoms with Crippen LogP contribution in [0.1, 0.15) is 12.0 Å². The number of amides is 2. The zero-order valence-corrected chi connectivity index (χ0v) is 13.3. The van der Waals surface area contributed by atoms with Crippen LogP contribution in [0.15, 0.2) is 41.8 Å². The van der Waals surface area contributed by atoms with Gasteiger partial charge in [-0.25, -0.2) is 14.9 Å². The third-order valence-corrected chi connectivity index (χ3v) is 4.62. The van der Waals surface area contributed by atoms with Gasteiger partial charge in [0.15, 0.2) is 5.16 Å². The Morgan fingerprint density at radius 3 is 2.73 bits per heavy atom. The molecule has 0 unspecified atom stereocenters. The number of imide groups is 1. The maximum absolute atomic E-state index is 12.6. The van der Waals surface area contributed by atoms with Gasteiger partial charge < -0.3 is 0 Å². The number of carbonyl (C=O) groups excluding carboxylic acids is 2. The topological polar surface area (TPSA) is 63.2 Å². The molecule has 7 heteroatoms. The van der Waals surface area contributed by atoms with E-state index >= 15 is 0 Å². The summed E-state index contributed by atoms with van der Waals surface area (Å²) in [5.74, 6) is -0.489. The van der Waals surface area contributed by atoms with Gasteiger partial charge in [-0.05, 0) is 30.7 Å². The van der Waals surface area contributed by atoms with Crippen LogP contribution in [0.25, 0.3) is 0 Å². The van der Waals surface area contributed by atoms with Crippen molar-refractivity contribution in [2.45, 2.75) is 23.8 Å². The summed E-state index contributed by atoms with van der Waals surface area (Å²) in [7, 11) is 0. The molecule has 0 spiro atoms. The Kier molecular flexibility index (Phi) is 4.13. The van der Waals surface area contributed by atoms with Crippen molar-refractivity contribution in [1.82, 2.24) is 9.97 Å². The predicted octanol–water partition coefficient (Wildman–Crippen LogP) is 2.86. The Balaban J connectivity index is 1.87. The molecule has 1 aliphatic rings. The van der Waals surface area contributed by atoms with Crippen LogP contribution in [0.2, 0.25) is 5.02 Å². The highest BCUT2D eigenvalue weighted by Crippen LogP contribution is 2.34. The van der Waals surface area contributed by atoms with Gasteiger partial charge in [0.05, 0.1) is 5.69 Å². The predicted molar refractivity (Wildman–Crippen MR) is 85.0 cm³/mol. The smallest absolute Gasteiger partial charge is 0.247 e. The van der Waals surface area contributed by atoms with Crippen LogP contribution in [0.5, 0.6) is 0 Å². The number of hydrogen-bond acceptors (Lipinski definition) is 5. The minimum absolute atomic E-state index is 0.133. The van der Waals surface area contributed by atoms with Crippen LogP contribution < -0.4 is 4.90 Å². The fourth-order valence-corrected chi connectivity index (χ4v) is 3.34. The summed E-state index contributed by atoms with van der Waals surface area (Å²) in [5.41, 5.74) is 1.37. The number of anilines is 1. The fraction of sp³-hybridized carbons (Fsp3) is 0.200. The second kappa shape index (κ2) is 6.06. The van der Waals surface area contributed by atoms with Crippen molar-refractivity contribution in [2.24, 2.45) is 0 Å². The molecule has 1 atom stereocenters. The van der Waals surface area contributed by atoms with Gasteiger partial charge in [0.2, 0.25) is 11.8 Å². The lowest BCUT2D eigenvalue weighted by atomic mass is 10.2. The van der Waals surface area contributed by atoms with Gasteiger partial charge in [-0.15, -0.1) is 0 Å². The van der Waals surface area contributed by atoms with Crippen molar-refractivity contribution < 1.29 is 9.59 Å². The van der Waals surface area contributed by atoms with Crippen molar-refractivity contribution >= 4 is 40.9 Å². The Morgan fingerprint density at radius 2 is 2.00 bits per heavy atom. The number of aromatic nitrogens is 2. The quantitative estimate of drug-likeness (QED) is 0.638. The van der Waals surface area contributed by atoms with Crippen molar-refractivity contribution in [2.75, 3.05) is 4.90 Å². The lowest BCUT2D eigenvalue weighted by Gasteiger charge is -2.17. The van der Waals surface area contributed by atoms with Crippen molar-refractivity contribution in [3.63, 3.8) is 0 Å². The van der Waals surface area contributed by atoms with E-state index < -0.39 is 5.25 Å². The van der Waals surface area contributed by atoms with E-state index in [2.05, 4.69) is 9.97 Å². The van der Waals surface area contributed by atoms with E-state index in [0.717, 1.165) is 5.56 Å². The number of thioether (sulfide) groups is 1. The third kappa shape index (κ3) is 2.84. The largest absolute Gasteiger partial charge is 0.274 e. The Hall–Kier alpha value is -1.92. The number of rotatable bonds is 3. The highest BCUT2D eigenvalue weighted by Gasteiger charge is 2.41. The minimum atomic E-state index is -0.506. The van der Waals surface area contributed by atoms with Crippen LogP contribution in [-0.4, -0.2) is 27.0 Å². The van der Waals surface area contributed by atoms with Crippen LogP contribution in [0, 0.1) is 6.92 Å². The molecule has 2 heterocycles. The first kappa shape index (κ1) is 15.0. The highest BCUT2D eigenvalue weighted by molar-refractivity contribution is 8.00. The summed E-state index contributed by atoms with van der Waals surface area (Å²) < 4.78 is 0. The molecule has 1 aromatic carbocycles. The molecule has 1 aliphatic heterocycles. The number of nitrogens with zero attached hydrogens (tertiary/aromatic N) is 3. The summed E-state index contributed by atoms with van der Waals surface area (Å²) in [4.78, 5) is 34.2. The van der Waals surface area contributed by atoms with Crippen LogP contribution in [0.3, 0.4) is 0 Å². The second-order valence-electron chi connectivity index (χ2n) is 4.84. The second-order valence-corrected chi connectivity index (χ2v) is 6.45. The molecule has 0 bridgehead atoms. The van der Waals surface area contributed by atoms with Gasteiger partial charge in [0, 0.05) is 23.8 Å². The lowest BCUT2D eigenvalue weighted by molar-refractivity contribution is -0.121. The first-order valence-electron chi connectivity index (χ1n) is 6.63. The molecule has 0 aliphatic carbocycles.